The van der Waals surface area contributed by atoms with Crippen LogP contribution in [0.2, 0.25) is 0 Å². The van der Waals surface area contributed by atoms with E-state index in [-0.39, 0.29) is 4.83 Å². The molecule has 1 atom stereocenters. The van der Waals surface area contributed by atoms with Gasteiger partial charge in [-0.05, 0) is 6.42 Å². The van der Waals surface area contributed by atoms with Crippen molar-refractivity contribution in [3.8, 4) is 17.2 Å². The summed E-state index contributed by atoms with van der Waals surface area (Å²) >= 11 is 3.72. The molecule has 0 saturated heterocycles. The van der Waals surface area contributed by atoms with Crippen LogP contribution in [0.5, 0.6) is 17.2 Å². The Kier molecular flexibility index (Phi) is 6.33. The van der Waals surface area contributed by atoms with Gasteiger partial charge in [-0.25, -0.2) is 0 Å². The maximum Gasteiger partial charge on any atom is 0.130 e. The fraction of sp³-hybridized carbons (Fsp3) is 0.571. The predicted octanol–water partition coefficient (Wildman–Crippen LogP) is 4.34. The number of methoxy groups -OCH3 is 3. The molecule has 0 saturated carbocycles. The second-order valence-electron chi connectivity index (χ2n) is 4.06. The summed E-state index contributed by atoms with van der Waals surface area (Å²) in [6.45, 7) is 2.18. The van der Waals surface area contributed by atoms with Gasteiger partial charge >= 0.3 is 0 Å². The van der Waals surface area contributed by atoms with Crippen LogP contribution in [0.1, 0.15) is 36.6 Å². The van der Waals surface area contributed by atoms with Crippen LogP contribution in [0.25, 0.3) is 0 Å². The number of hydrogen-bond donors (Lipinski definition) is 0. The van der Waals surface area contributed by atoms with Crippen LogP contribution in [0.4, 0.5) is 0 Å². The van der Waals surface area contributed by atoms with Crippen LogP contribution in [0.3, 0.4) is 0 Å². The highest BCUT2D eigenvalue weighted by Crippen LogP contribution is 2.43. The highest BCUT2D eigenvalue weighted by molar-refractivity contribution is 9.09. The minimum Gasteiger partial charge on any atom is -0.496 e. The zero-order valence-corrected chi connectivity index (χ0v) is 13.0. The molecule has 0 aliphatic carbocycles. The molecule has 0 fully saturated rings. The molecule has 0 radical (unpaired) electrons. The third kappa shape index (κ3) is 3.55. The zero-order chi connectivity index (χ0) is 13.5. The van der Waals surface area contributed by atoms with Crippen molar-refractivity contribution in [1.82, 2.24) is 0 Å². The van der Waals surface area contributed by atoms with Gasteiger partial charge in [-0.2, -0.15) is 0 Å². The first kappa shape index (κ1) is 15.2. The molecule has 0 aliphatic heterocycles. The molecule has 0 amide bonds. The molecular weight excluding hydrogens is 296 g/mol. The maximum absolute atomic E-state index is 5.44. The van der Waals surface area contributed by atoms with Crippen LogP contribution in [-0.2, 0) is 0 Å². The van der Waals surface area contributed by atoms with Crippen molar-refractivity contribution < 1.29 is 14.2 Å². The van der Waals surface area contributed by atoms with Crippen molar-refractivity contribution in [1.29, 1.82) is 0 Å². The summed E-state index contributed by atoms with van der Waals surface area (Å²) in [5, 5.41) is 0. The van der Waals surface area contributed by atoms with Crippen molar-refractivity contribution in [2.24, 2.45) is 0 Å². The van der Waals surface area contributed by atoms with Crippen LogP contribution in [0.15, 0.2) is 12.1 Å². The Hall–Kier alpha value is -0.900. The smallest absolute Gasteiger partial charge is 0.130 e. The lowest BCUT2D eigenvalue weighted by atomic mass is 10.0. The molecule has 1 aromatic rings. The molecule has 1 aromatic carbocycles. The summed E-state index contributed by atoms with van der Waals surface area (Å²) in [6.07, 6.45) is 3.38. The minimum atomic E-state index is 0.230. The van der Waals surface area contributed by atoms with Gasteiger partial charge in [0.25, 0.3) is 0 Å². The largest absolute Gasteiger partial charge is 0.496 e. The lowest BCUT2D eigenvalue weighted by Crippen LogP contribution is -2.00. The summed E-state index contributed by atoms with van der Waals surface area (Å²) < 4.78 is 16.1. The standard InChI is InChI=1S/C14H21BrO3/c1-5-6-7-11(15)14-12(17-3)8-10(16-2)9-13(14)18-4/h8-9,11H,5-7H2,1-4H3. The van der Waals surface area contributed by atoms with E-state index in [1.54, 1.807) is 21.3 Å². The first-order chi connectivity index (χ1) is 8.67. The molecule has 4 heteroatoms. The van der Waals surface area contributed by atoms with Gasteiger partial charge in [-0.3, -0.25) is 0 Å². The third-order valence-corrected chi connectivity index (χ3v) is 3.79. The van der Waals surface area contributed by atoms with E-state index in [0.717, 1.165) is 35.7 Å². The second-order valence-corrected chi connectivity index (χ2v) is 5.16. The number of rotatable bonds is 7. The predicted molar refractivity (Wildman–Crippen MR) is 77.3 cm³/mol. The topological polar surface area (TPSA) is 27.7 Å². The van der Waals surface area contributed by atoms with Gasteiger partial charge < -0.3 is 14.2 Å². The molecular formula is C14H21BrO3. The molecule has 0 aliphatic rings. The lowest BCUT2D eigenvalue weighted by molar-refractivity contribution is 0.367. The molecule has 0 bridgehead atoms. The van der Waals surface area contributed by atoms with Gasteiger partial charge in [0, 0.05) is 17.0 Å². The number of benzene rings is 1. The maximum atomic E-state index is 5.44. The van der Waals surface area contributed by atoms with Crippen LogP contribution < -0.4 is 14.2 Å². The van der Waals surface area contributed by atoms with Gasteiger partial charge in [0.1, 0.15) is 17.2 Å². The first-order valence-electron chi connectivity index (χ1n) is 6.11. The fourth-order valence-electron chi connectivity index (χ4n) is 1.87. The molecule has 0 N–H and O–H groups in total. The minimum absolute atomic E-state index is 0.230. The van der Waals surface area contributed by atoms with Crippen LogP contribution in [-0.4, -0.2) is 21.3 Å². The lowest BCUT2D eigenvalue weighted by Gasteiger charge is -2.18. The van der Waals surface area contributed by atoms with Crippen molar-refractivity contribution in [2.75, 3.05) is 21.3 Å². The van der Waals surface area contributed by atoms with E-state index in [9.17, 15) is 0 Å². The molecule has 102 valence electrons. The summed E-state index contributed by atoms with van der Waals surface area (Å²) in [4.78, 5) is 0.230. The fourth-order valence-corrected chi connectivity index (χ4v) is 2.64. The van der Waals surface area contributed by atoms with E-state index in [1.807, 2.05) is 12.1 Å². The highest BCUT2D eigenvalue weighted by Gasteiger charge is 2.19. The number of alkyl halides is 1. The Bertz CT molecular complexity index is 354. The molecule has 1 unspecified atom stereocenters. The van der Waals surface area contributed by atoms with E-state index in [4.69, 9.17) is 14.2 Å². The summed E-state index contributed by atoms with van der Waals surface area (Å²) in [5.41, 5.74) is 1.05. The Morgan fingerprint density at radius 1 is 1.06 bits per heavy atom. The van der Waals surface area contributed by atoms with Gasteiger partial charge in [-0.15, -0.1) is 0 Å². The average molecular weight is 317 g/mol. The van der Waals surface area contributed by atoms with Gasteiger partial charge in [0.15, 0.2) is 0 Å². The van der Waals surface area contributed by atoms with Gasteiger partial charge in [0.2, 0.25) is 0 Å². The van der Waals surface area contributed by atoms with Crippen molar-refractivity contribution in [3.63, 3.8) is 0 Å². The van der Waals surface area contributed by atoms with E-state index in [2.05, 4.69) is 22.9 Å². The van der Waals surface area contributed by atoms with Crippen molar-refractivity contribution in [2.45, 2.75) is 31.0 Å². The molecule has 3 nitrogen and oxygen atoms in total. The second kappa shape index (κ2) is 7.52. The van der Waals surface area contributed by atoms with Crippen molar-refractivity contribution in [3.05, 3.63) is 17.7 Å². The Morgan fingerprint density at radius 2 is 1.61 bits per heavy atom. The van der Waals surface area contributed by atoms with E-state index in [0.29, 0.717) is 0 Å². The average Bonchev–Trinajstić information content (AvgIpc) is 2.42. The van der Waals surface area contributed by atoms with Crippen LogP contribution >= 0.6 is 15.9 Å². The molecule has 1 rings (SSSR count). The molecule has 0 heterocycles. The zero-order valence-electron chi connectivity index (χ0n) is 11.5. The monoisotopic (exact) mass is 316 g/mol. The Labute approximate surface area is 118 Å². The van der Waals surface area contributed by atoms with Crippen molar-refractivity contribution >= 4 is 15.9 Å². The Morgan fingerprint density at radius 3 is 2.00 bits per heavy atom. The van der Waals surface area contributed by atoms with Gasteiger partial charge in [0.05, 0.1) is 26.9 Å². The molecule has 18 heavy (non-hydrogen) atoms. The molecule has 0 aromatic heterocycles. The molecule has 0 spiro atoms. The Balaban J connectivity index is 3.13. The highest BCUT2D eigenvalue weighted by atomic mass is 79.9. The van der Waals surface area contributed by atoms with E-state index < -0.39 is 0 Å². The summed E-state index contributed by atoms with van der Waals surface area (Å²) in [7, 11) is 4.96. The number of halogens is 1. The number of hydrogen-bond acceptors (Lipinski definition) is 3. The summed E-state index contributed by atoms with van der Waals surface area (Å²) in [6, 6.07) is 3.77. The van der Waals surface area contributed by atoms with E-state index in [1.165, 1.54) is 6.42 Å². The van der Waals surface area contributed by atoms with Gasteiger partial charge in [-0.1, -0.05) is 35.7 Å². The van der Waals surface area contributed by atoms with E-state index >= 15 is 0 Å². The summed E-state index contributed by atoms with van der Waals surface area (Å²) in [5.74, 6) is 2.33. The normalized spacial score (nSPS) is 12.1. The first-order valence-corrected chi connectivity index (χ1v) is 7.03. The number of unbranched alkanes of at least 4 members (excludes halogenated alkanes) is 1. The number of ether oxygens (including phenoxy) is 3. The third-order valence-electron chi connectivity index (χ3n) is 2.88. The van der Waals surface area contributed by atoms with Crippen LogP contribution in [0, 0.1) is 0 Å². The SMILES string of the molecule is CCCCC(Br)c1c(OC)cc(OC)cc1OC. The quantitative estimate of drug-likeness (QED) is 0.700.